The molecule has 0 radical (unpaired) electrons. The van der Waals surface area contributed by atoms with Gasteiger partial charge >= 0.3 is 0 Å². The molecule has 2 N–H and O–H groups in total. The quantitative estimate of drug-likeness (QED) is 0.582. The molecule has 0 amide bonds. The van der Waals surface area contributed by atoms with Crippen molar-refractivity contribution in [2.24, 2.45) is 0 Å². The van der Waals surface area contributed by atoms with Gasteiger partial charge in [0, 0.05) is 0 Å². The highest BCUT2D eigenvalue weighted by atomic mass is 16.3. The van der Waals surface area contributed by atoms with Crippen molar-refractivity contribution in [2.75, 3.05) is 0 Å². The SMILES string of the molecule is Oc1ccc2ncc(O)n2c1. The first kappa shape index (κ1) is 6.03. The third-order valence-electron chi connectivity index (χ3n) is 1.47. The molecule has 0 aliphatic carbocycles. The first-order chi connectivity index (χ1) is 5.27. The number of hydrogen-bond donors (Lipinski definition) is 2. The van der Waals surface area contributed by atoms with Crippen molar-refractivity contribution in [1.82, 2.24) is 9.38 Å². The predicted octanol–water partition coefficient (Wildman–Crippen LogP) is 0.746. The highest BCUT2D eigenvalue weighted by molar-refractivity contribution is 5.44. The molecule has 56 valence electrons. The molecule has 0 fully saturated rings. The van der Waals surface area contributed by atoms with Gasteiger partial charge in [-0.15, -0.1) is 0 Å². The summed E-state index contributed by atoms with van der Waals surface area (Å²) >= 11 is 0. The summed E-state index contributed by atoms with van der Waals surface area (Å²) in [7, 11) is 0. The summed E-state index contributed by atoms with van der Waals surface area (Å²) in [5, 5.41) is 18.1. The Morgan fingerprint density at radius 3 is 2.91 bits per heavy atom. The minimum absolute atomic E-state index is 0.0240. The zero-order valence-electron chi connectivity index (χ0n) is 5.60. The normalized spacial score (nSPS) is 10.5. The number of hydrogen-bond acceptors (Lipinski definition) is 3. The zero-order chi connectivity index (χ0) is 7.84. The van der Waals surface area contributed by atoms with E-state index in [4.69, 9.17) is 10.2 Å². The van der Waals surface area contributed by atoms with Crippen molar-refractivity contribution < 1.29 is 10.2 Å². The van der Waals surface area contributed by atoms with Gasteiger partial charge in [0.25, 0.3) is 0 Å². The highest BCUT2D eigenvalue weighted by Gasteiger charge is 1.99. The minimum Gasteiger partial charge on any atom is -0.506 e. The van der Waals surface area contributed by atoms with Crippen LogP contribution in [0.3, 0.4) is 0 Å². The van der Waals surface area contributed by atoms with Gasteiger partial charge in [-0.05, 0) is 12.1 Å². The lowest BCUT2D eigenvalue weighted by Gasteiger charge is -1.94. The Hall–Kier alpha value is -1.71. The molecular weight excluding hydrogens is 144 g/mol. The van der Waals surface area contributed by atoms with Crippen LogP contribution in [0.25, 0.3) is 5.65 Å². The fraction of sp³-hybridized carbons (Fsp3) is 0. The molecule has 2 rings (SSSR count). The Labute approximate surface area is 62.4 Å². The summed E-state index contributed by atoms with van der Waals surface area (Å²) < 4.78 is 1.40. The lowest BCUT2D eigenvalue weighted by molar-refractivity contribution is 0.440. The topological polar surface area (TPSA) is 57.8 Å². The molecule has 4 heteroatoms. The van der Waals surface area contributed by atoms with Crippen molar-refractivity contribution in [3.8, 4) is 11.6 Å². The summed E-state index contributed by atoms with van der Waals surface area (Å²) in [5.41, 5.74) is 0.611. The smallest absolute Gasteiger partial charge is 0.215 e. The number of fused-ring (bicyclic) bond motifs is 1. The second kappa shape index (κ2) is 1.88. The van der Waals surface area contributed by atoms with Gasteiger partial charge < -0.3 is 10.2 Å². The Morgan fingerprint density at radius 2 is 2.09 bits per heavy atom. The van der Waals surface area contributed by atoms with E-state index in [-0.39, 0.29) is 11.6 Å². The van der Waals surface area contributed by atoms with Gasteiger partial charge in [-0.25, -0.2) is 4.98 Å². The second-order valence-corrected chi connectivity index (χ2v) is 2.23. The van der Waals surface area contributed by atoms with E-state index in [1.165, 1.54) is 22.9 Å². The van der Waals surface area contributed by atoms with Crippen LogP contribution < -0.4 is 0 Å². The molecule has 0 atom stereocenters. The van der Waals surface area contributed by atoms with Crippen LogP contribution >= 0.6 is 0 Å². The highest BCUT2D eigenvalue weighted by Crippen LogP contribution is 2.16. The van der Waals surface area contributed by atoms with Crippen molar-refractivity contribution >= 4 is 5.65 Å². The molecule has 2 aromatic rings. The molecular formula is C7H6N2O2. The molecule has 0 saturated carbocycles. The minimum atomic E-state index is 0.0240. The third kappa shape index (κ3) is 0.797. The number of nitrogens with zero attached hydrogens (tertiary/aromatic N) is 2. The third-order valence-corrected chi connectivity index (χ3v) is 1.47. The predicted molar refractivity (Wildman–Crippen MR) is 38.5 cm³/mol. The zero-order valence-corrected chi connectivity index (χ0v) is 5.60. The fourth-order valence-electron chi connectivity index (χ4n) is 0.956. The average molecular weight is 150 g/mol. The lowest BCUT2D eigenvalue weighted by Crippen LogP contribution is -1.81. The molecule has 0 unspecified atom stereocenters. The van der Waals surface area contributed by atoms with Gasteiger partial charge in [0.05, 0.1) is 12.4 Å². The van der Waals surface area contributed by atoms with Crippen LogP contribution in [0.5, 0.6) is 11.6 Å². The summed E-state index contributed by atoms with van der Waals surface area (Å²) in [6.45, 7) is 0. The number of rotatable bonds is 0. The van der Waals surface area contributed by atoms with Crippen LogP contribution in [-0.2, 0) is 0 Å². The molecule has 0 aliphatic rings. The van der Waals surface area contributed by atoms with Crippen molar-refractivity contribution in [3.63, 3.8) is 0 Å². The molecule has 0 aromatic carbocycles. The number of aromatic hydroxyl groups is 2. The fourth-order valence-corrected chi connectivity index (χ4v) is 0.956. The maximum Gasteiger partial charge on any atom is 0.215 e. The van der Waals surface area contributed by atoms with E-state index >= 15 is 0 Å². The maximum atomic E-state index is 9.12. The van der Waals surface area contributed by atoms with Gasteiger partial charge in [-0.3, -0.25) is 4.40 Å². The van der Waals surface area contributed by atoms with Crippen LogP contribution in [0.4, 0.5) is 0 Å². The summed E-state index contributed by atoms with van der Waals surface area (Å²) in [6.07, 6.45) is 2.73. The molecule has 2 heterocycles. The van der Waals surface area contributed by atoms with Gasteiger partial charge in [-0.1, -0.05) is 0 Å². The van der Waals surface area contributed by atoms with Crippen molar-refractivity contribution in [1.29, 1.82) is 0 Å². The lowest BCUT2D eigenvalue weighted by atomic mass is 10.4. The molecule has 0 spiro atoms. The van der Waals surface area contributed by atoms with Crippen LogP contribution in [-0.4, -0.2) is 19.6 Å². The van der Waals surface area contributed by atoms with Crippen molar-refractivity contribution in [3.05, 3.63) is 24.5 Å². The molecule has 0 bridgehead atoms. The van der Waals surface area contributed by atoms with Crippen LogP contribution in [0, 0.1) is 0 Å². The van der Waals surface area contributed by atoms with Crippen molar-refractivity contribution in [2.45, 2.75) is 0 Å². The number of pyridine rings is 1. The molecule has 4 nitrogen and oxygen atoms in total. The summed E-state index contributed by atoms with van der Waals surface area (Å²) in [6, 6.07) is 3.14. The molecule has 11 heavy (non-hydrogen) atoms. The van der Waals surface area contributed by atoms with E-state index in [2.05, 4.69) is 4.98 Å². The van der Waals surface area contributed by atoms with Crippen LogP contribution in [0.1, 0.15) is 0 Å². The number of imidazole rings is 1. The summed E-state index contributed by atoms with van der Waals surface area (Å²) in [5.74, 6) is 0.127. The Bertz CT molecular complexity index is 394. The molecule has 0 aliphatic heterocycles. The molecule has 2 aromatic heterocycles. The van der Waals surface area contributed by atoms with Gasteiger partial charge in [0.2, 0.25) is 5.88 Å². The molecule has 0 saturated heterocycles. The van der Waals surface area contributed by atoms with Gasteiger partial charge in [0.1, 0.15) is 11.4 Å². The first-order valence-electron chi connectivity index (χ1n) is 3.12. The first-order valence-corrected chi connectivity index (χ1v) is 3.12. The second-order valence-electron chi connectivity index (χ2n) is 2.23. The van der Waals surface area contributed by atoms with E-state index in [0.717, 1.165) is 0 Å². The van der Waals surface area contributed by atoms with E-state index in [9.17, 15) is 0 Å². The number of aromatic nitrogens is 2. The Kier molecular flexibility index (Phi) is 1.03. The largest absolute Gasteiger partial charge is 0.506 e. The van der Waals surface area contributed by atoms with Crippen LogP contribution in [0.15, 0.2) is 24.5 Å². The standard InChI is InChI=1S/C7H6N2O2/c10-5-1-2-6-8-3-7(11)9(6)4-5/h1-4,10-11H. The Morgan fingerprint density at radius 1 is 1.27 bits per heavy atom. The maximum absolute atomic E-state index is 9.12. The van der Waals surface area contributed by atoms with Gasteiger partial charge in [0.15, 0.2) is 0 Å². The van der Waals surface area contributed by atoms with Gasteiger partial charge in [-0.2, -0.15) is 0 Å². The summed E-state index contributed by atoms with van der Waals surface area (Å²) in [4.78, 5) is 3.86. The monoisotopic (exact) mass is 150 g/mol. The van der Waals surface area contributed by atoms with Crippen LogP contribution in [0.2, 0.25) is 0 Å². The van der Waals surface area contributed by atoms with E-state index in [1.807, 2.05) is 0 Å². The van der Waals surface area contributed by atoms with E-state index < -0.39 is 0 Å². The Balaban J connectivity index is 2.87. The van der Waals surface area contributed by atoms with E-state index in [0.29, 0.717) is 5.65 Å². The van der Waals surface area contributed by atoms with E-state index in [1.54, 1.807) is 6.07 Å². The average Bonchev–Trinajstić information content (AvgIpc) is 2.33.